The molecule has 3 amide bonds. The molecule has 0 aliphatic rings. The van der Waals surface area contributed by atoms with Crippen molar-refractivity contribution in [2.24, 2.45) is 36.9 Å². The van der Waals surface area contributed by atoms with Crippen LogP contribution in [0, 0.1) is 0 Å². The number of benzene rings is 2. The minimum Gasteiger partial charge on any atom is -0.872 e. The Labute approximate surface area is 336 Å². The largest absolute Gasteiger partial charge is 2.00 e. The summed E-state index contributed by atoms with van der Waals surface area (Å²) in [6.07, 6.45) is 10.9. The third kappa shape index (κ3) is 12.0. The van der Waals surface area contributed by atoms with Gasteiger partial charge in [-0.3, -0.25) is 24.4 Å². The fourth-order valence-corrected chi connectivity index (χ4v) is 5.81. The normalized spacial score (nSPS) is 11.7. The van der Waals surface area contributed by atoms with E-state index in [2.05, 4.69) is 31.3 Å². The number of aromatic nitrogens is 3. The molecule has 16 heteroatoms. The number of aliphatic imine (C=N–C) groups is 2. The number of carbonyl (C=O) groups excluding carboxylic acids is 3. The van der Waals surface area contributed by atoms with Gasteiger partial charge >= 0.3 is 17.1 Å². The van der Waals surface area contributed by atoms with E-state index in [1.54, 1.807) is 114 Å². The van der Waals surface area contributed by atoms with Crippen LogP contribution in [0.5, 0.6) is 11.5 Å². The number of anilines is 4. The number of nitrogens with two attached hydrogens (primary N) is 1. The maximum absolute atomic E-state index is 13.3. The molecule has 0 saturated heterocycles. The van der Waals surface area contributed by atoms with E-state index >= 15 is 0 Å². The van der Waals surface area contributed by atoms with Gasteiger partial charge in [0.15, 0.2) is 0 Å². The summed E-state index contributed by atoms with van der Waals surface area (Å²) < 4.78 is 5.03. The van der Waals surface area contributed by atoms with E-state index in [4.69, 9.17) is 5.73 Å². The number of nitrogens with one attached hydrogen (secondary N) is 4. The SMILES string of the molecule is Cn1cc(NC(=O)c2cc(NC(=O)c3cc(NCCCCC(CN=Cc4ccccc4[O-])N=Cc4ccccc4[O-])cn3C)cn2C)cc1NC(=O)CCN.[Cu+2]. The predicted octanol–water partition coefficient (Wildman–Crippen LogP) is 3.83. The molecule has 1 radical (unpaired) electrons. The summed E-state index contributed by atoms with van der Waals surface area (Å²) >= 11 is 0. The van der Waals surface area contributed by atoms with Crippen LogP contribution in [0.3, 0.4) is 0 Å². The quantitative estimate of drug-likeness (QED) is 0.0501. The number of unbranched alkanes of at least 4 members (excludes halogenated alkanes) is 1. The second-order valence-electron chi connectivity index (χ2n) is 13.1. The van der Waals surface area contributed by atoms with Crippen molar-refractivity contribution in [3.63, 3.8) is 0 Å². The van der Waals surface area contributed by atoms with Gasteiger partial charge in [-0.15, -0.1) is 11.5 Å². The third-order valence-electron chi connectivity index (χ3n) is 8.74. The van der Waals surface area contributed by atoms with Gasteiger partial charge in [-0.2, -0.15) is 0 Å². The monoisotopic (exact) mass is 809 g/mol. The minimum atomic E-state index is -0.387. The Morgan fingerprint density at radius 1 is 0.750 bits per heavy atom. The predicted molar refractivity (Wildman–Crippen MR) is 212 cm³/mol. The molecule has 3 aromatic heterocycles. The minimum absolute atomic E-state index is 0. The Hall–Kier alpha value is -6.09. The zero-order chi connectivity index (χ0) is 39.3. The van der Waals surface area contributed by atoms with Crippen molar-refractivity contribution in [3.05, 3.63) is 108 Å². The van der Waals surface area contributed by atoms with Crippen molar-refractivity contribution in [3.8, 4) is 11.5 Å². The first-order chi connectivity index (χ1) is 26.5. The average molecular weight is 810 g/mol. The van der Waals surface area contributed by atoms with Crippen LogP contribution in [-0.4, -0.2) is 69.5 Å². The molecule has 56 heavy (non-hydrogen) atoms. The first kappa shape index (κ1) is 42.6. The van der Waals surface area contributed by atoms with Gasteiger partial charge < -0.3 is 50.9 Å². The summed E-state index contributed by atoms with van der Waals surface area (Å²) in [4.78, 5) is 47.4. The Morgan fingerprint density at radius 2 is 1.30 bits per heavy atom. The molecule has 3 heterocycles. The topological polar surface area (TPSA) is 211 Å². The molecule has 297 valence electrons. The van der Waals surface area contributed by atoms with Crippen molar-refractivity contribution in [1.29, 1.82) is 0 Å². The first-order valence-electron chi connectivity index (χ1n) is 17.9. The molecule has 0 bridgehead atoms. The number of hydrogen-bond donors (Lipinski definition) is 5. The number of hydrogen-bond acceptors (Lipinski definition) is 9. The molecular formula is C40H46CuN10O5. The van der Waals surface area contributed by atoms with E-state index in [1.807, 2.05) is 6.20 Å². The van der Waals surface area contributed by atoms with Gasteiger partial charge in [-0.05, 0) is 42.5 Å². The van der Waals surface area contributed by atoms with Crippen LogP contribution in [0.15, 0.2) is 95.3 Å². The van der Waals surface area contributed by atoms with Crippen molar-refractivity contribution in [2.45, 2.75) is 31.7 Å². The molecule has 5 aromatic rings. The Kier molecular flexibility index (Phi) is 15.7. The molecule has 5 rings (SSSR count). The van der Waals surface area contributed by atoms with Crippen molar-refractivity contribution >= 4 is 53.0 Å². The second kappa shape index (κ2) is 20.6. The van der Waals surface area contributed by atoms with Gasteiger partial charge in [-0.25, -0.2) is 0 Å². The molecule has 0 aliphatic carbocycles. The van der Waals surface area contributed by atoms with E-state index < -0.39 is 0 Å². The molecular weight excluding hydrogens is 764 g/mol. The van der Waals surface area contributed by atoms with Crippen LogP contribution in [0.4, 0.5) is 22.9 Å². The Bertz CT molecular complexity index is 2170. The van der Waals surface area contributed by atoms with Crippen molar-refractivity contribution in [2.75, 3.05) is 40.9 Å². The van der Waals surface area contributed by atoms with Crippen molar-refractivity contribution in [1.82, 2.24) is 13.7 Å². The van der Waals surface area contributed by atoms with Crippen LogP contribution in [0.2, 0.25) is 0 Å². The third-order valence-corrected chi connectivity index (χ3v) is 8.74. The zero-order valence-corrected chi connectivity index (χ0v) is 32.4. The molecule has 1 atom stereocenters. The van der Waals surface area contributed by atoms with Gasteiger partial charge in [0, 0.05) is 77.7 Å². The van der Waals surface area contributed by atoms with Gasteiger partial charge in [0.2, 0.25) is 5.91 Å². The molecule has 6 N–H and O–H groups in total. The summed E-state index contributed by atoms with van der Waals surface area (Å²) in [5, 5.41) is 36.1. The standard InChI is InChI=1S/C40H48N10O5.Cu/c1-48-24-30(43-17-9-8-12-29(44-22-28-11-5-7-14-36(28)52)23-42-21-27-10-4-6-13-35(27)51)18-33(48)39(54)45-31-19-34(49(2)25-31)40(55)46-32-20-37(50(3)26-32)47-38(53)15-16-41;/h4-7,10-11,13-14,18-22,24-26,29,43,51-52H,8-9,12,15-17,23,41H2,1-3H3,(H,45,54)(H,46,55)(H,47,53);/q;+2/p-2. The second-order valence-corrected chi connectivity index (χ2v) is 13.1. The fourth-order valence-electron chi connectivity index (χ4n) is 5.81. The summed E-state index contributed by atoms with van der Waals surface area (Å²) in [5.74, 6) is -0.624. The maximum atomic E-state index is 13.3. The van der Waals surface area contributed by atoms with Crippen LogP contribution in [0.25, 0.3) is 0 Å². The van der Waals surface area contributed by atoms with Crippen LogP contribution in [-0.2, 0) is 43.0 Å². The molecule has 0 saturated carbocycles. The fraction of sp³-hybridized carbons (Fsp3) is 0.275. The van der Waals surface area contributed by atoms with Gasteiger partial charge in [0.1, 0.15) is 17.2 Å². The maximum Gasteiger partial charge on any atom is 2.00 e. The number of carbonyl (C=O) groups is 3. The van der Waals surface area contributed by atoms with E-state index in [1.165, 1.54) is 12.1 Å². The Morgan fingerprint density at radius 3 is 1.93 bits per heavy atom. The zero-order valence-electron chi connectivity index (χ0n) is 31.4. The van der Waals surface area contributed by atoms with Crippen LogP contribution < -0.4 is 37.2 Å². The number of para-hydroxylation sites is 2. The molecule has 2 aromatic carbocycles. The molecule has 15 nitrogen and oxygen atoms in total. The number of nitrogens with zero attached hydrogens (tertiary/aromatic N) is 5. The molecule has 0 aliphatic heterocycles. The summed E-state index contributed by atoms with van der Waals surface area (Å²) in [7, 11) is 5.24. The molecule has 0 fully saturated rings. The Balaban J connectivity index is 0.00000696. The number of aryl methyl sites for hydroxylation is 3. The van der Waals surface area contributed by atoms with Crippen LogP contribution >= 0.6 is 0 Å². The molecule has 1 unspecified atom stereocenters. The van der Waals surface area contributed by atoms with Crippen molar-refractivity contribution < 1.29 is 41.7 Å². The van der Waals surface area contributed by atoms with Gasteiger partial charge in [0.25, 0.3) is 11.8 Å². The summed E-state index contributed by atoms with van der Waals surface area (Å²) in [6, 6.07) is 18.2. The van der Waals surface area contributed by atoms with Gasteiger partial charge in [0.05, 0.1) is 29.6 Å². The van der Waals surface area contributed by atoms with E-state index in [9.17, 15) is 24.6 Å². The number of amides is 3. The van der Waals surface area contributed by atoms with E-state index in [0.29, 0.717) is 52.8 Å². The van der Waals surface area contributed by atoms with E-state index in [-0.39, 0.29) is 65.3 Å². The van der Waals surface area contributed by atoms with Gasteiger partial charge in [-0.1, -0.05) is 48.5 Å². The summed E-state index contributed by atoms with van der Waals surface area (Å²) in [5.41, 5.74) is 8.95. The summed E-state index contributed by atoms with van der Waals surface area (Å²) in [6.45, 7) is 1.25. The first-order valence-corrected chi connectivity index (χ1v) is 17.9. The van der Waals surface area contributed by atoms with Crippen LogP contribution in [0.1, 0.15) is 57.8 Å². The average Bonchev–Trinajstić information content (AvgIpc) is 3.82. The molecule has 0 spiro atoms. The smallest absolute Gasteiger partial charge is 0.872 e. The number of rotatable bonds is 18. The van der Waals surface area contributed by atoms with E-state index in [0.717, 1.165) is 24.9 Å².